The molecule has 1 aliphatic heterocycles. The van der Waals surface area contributed by atoms with Crippen molar-refractivity contribution in [1.82, 2.24) is 15.2 Å². The molecule has 1 saturated heterocycles. The van der Waals surface area contributed by atoms with Gasteiger partial charge in [0.1, 0.15) is 5.69 Å². The smallest absolute Gasteiger partial charge is 0.253 e. The van der Waals surface area contributed by atoms with Crippen LogP contribution >= 0.6 is 0 Å². The maximum absolute atomic E-state index is 13.8. The van der Waals surface area contributed by atoms with E-state index in [0.29, 0.717) is 18.7 Å². The molecule has 0 N–H and O–H groups in total. The summed E-state index contributed by atoms with van der Waals surface area (Å²) in [5, 5.41) is 7.83. The summed E-state index contributed by atoms with van der Waals surface area (Å²) in [5.74, 6) is -5.51. The SMILES string of the molecule is CN(c1cccnn1)C1CCN(c2c(F)c(F)nc(F)c2F)CC1. The van der Waals surface area contributed by atoms with E-state index >= 15 is 0 Å². The molecule has 2 aromatic heterocycles. The van der Waals surface area contributed by atoms with Crippen molar-refractivity contribution in [2.45, 2.75) is 18.9 Å². The van der Waals surface area contributed by atoms with Gasteiger partial charge in [-0.15, -0.1) is 5.10 Å². The van der Waals surface area contributed by atoms with E-state index < -0.39 is 29.2 Å². The molecule has 0 bridgehead atoms. The van der Waals surface area contributed by atoms with Gasteiger partial charge in [-0.1, -0.05) is 0 Å². The van der Waals surface area contributed by atoms with E-state index in [9.17, 15) is 17.6 Å². The van der Waals surface area contributed by atoms with Crippen molar-refractivity contribution in [2.75, 3.05) is 29.9 Å². The summed E-state index contributed by atoms with van der Waals surface area (Å²) in [6.45, 7) is 0.512. The number of rotatable bonds is 3. The third-order valence-corrected chi connectivity index (χ3v) is 4.22. The molecule has 0 radical (unpaired) electrons. The van der Waals surface area contributed by atoms with Crippen LogP contribution in [-0.4, -0.2) is 41.4 Å². The van der Waals surface area contributed by atoms with Gasteiger partial charge in [-0.05, 0) is 25.0 Å². The lowest BCUT2D eigenvalue weighted by Crippen LogP contribution is -2.44. The highest BCUT2D eigenvalue weighted by Gasteiger charge is 2.30. The Morgan fingerprint density at radius 2 is 1.71 bits per heavy atom. The fourth-order valence-electron chi connectivity index (χ4n) is 2.90. The Hall–Kier alpha value is -2.45. The lowest BCUT2D eigenvalue weighted by Gasteiger charge is -2.38. The van der Waals surface area contributed by atoms with Gasteiger partial charge in [0.25, 0.3) is 11.9 Å². The molecule has 0 saturated carbocycles. The number of piperidine rings is 1. The first-order valence-corrected chi connectivity index (χ1v) is 7.44. The Bertz CT molecular complexity index is 693. The summed E-state index contributed by atoms with van der Waals surface area (Å²) in [5.41, 5.74) is -0.694. The molecule has 128 valence electrons. The molecule has 24 heavy (non-hydrogen) atoms. The second kappa shape index (κ2) is 6.58. The number of hydrogen-bond acceptors (Lipinski definition) is 5. The minimum absolute atomic E-state index is 0.0839. The Balaban J connectivity index is 1.74. The predicted molar refractivity (Wildman–Crippen MR) is 79.7 cm³/mol. The van der Waals surface area contributed by atoms with Crippen LogP contribution in [0.4, 0.5) is 29.1 Å². The van der Waals surface area contributed by atoms with Gasteiger partial charge in [-0.2, -0.15) is 27.6 Å². The van der Waals surface area contributed by atoms with Crippen molar-refractivity contribution in [2.24, 2.45) is 0 Å². The van der Waals surface area contributed by atoms with Crippen LogP contribution in [-0.2, 0) is 0 Å². The van der Waals surface area contributed by atoms with Gasteiger partial charge in [0.2, 0.25) is 11.6 Å². The van der Waals surface area contributed by atoms with Crippen molar-refractivity contribution in [3.05, 3.63) is 41.9 Å². The lowest BCUT2D eigenvalue weighted by atomic mass is 10.0. The average Bonchev–Trinajstić information content (AvgIpc) is 2.61. The summed E-state index contributed by atoms with van der Waals surface area (Å²) in [4.78, 5) is 5.82. The maximum atomic E-state index is 13.8. The zero-order chi connectivity index (χ0) is 17.3. The topological polar surface area (TPSA) is 45.2 Å². The third-order valence-electron chi connectivity index (χ3n) is 4.22. The quantitative estimate of drug-likeness (QED) is 0.634. The zero-order valence-electron chi connectivity index (χ0n) is 12.9. The van der Waals surface area contributed by atoms with Gasteiger partial charge < -0.3 is 9.80 Å². The van der Waals surface area contributed by atoms with E-state index in [1.807, 2.05) is 18.0 Å². The fraction of sp³-hybridized carbons (Fsp3) is 0.400. The minimum atomic E-state index is -1.64. The zero-order valence-corrected chi connectivity index (χ0v) is 12.9. The first-order chi connectivity index (χ1) is 11.5. The number of hydrogen-bond donors (Lipinski definition) is 0. The standard InChI is InChI=1S/C15H15F4N5/c1-23(10-3-2-6-20-22-10)9-4-7-24(8-5-9)13-11(16)14(18)21-15(19)12(13)17/h2-3,6,9H,4-5,7-8H2,1H3. The normalized spacial score (nSPS) is 15.6. The first-order valence-electron chi connectivity index (χ1n) is 7.44. The number of nitrogens with zero attached hydrogens (tertiary/aromatic N) is 5. The maximum Gasteiger partial charge on any atom is 0.253 e. The molecule has 5 nitrogen and oxygen atoms in total. The number of aromatic nitrogens is 3. The van der Waals surface area contributed by atoms with Crippen molar-refractivity contribution >= 4 is 11.5 Å². The van der Waals surface area contributed by atoms with Crippen molar-refractivity contribution < 1.29 is 17.6 Å². The highest BCUT2D eigenvalue weighted by Crippen LogP contribution is 2.30. The molecule has 0 unspecified atom stereocenters. The molecule has 1 fully saturated rings. The monoisotopic (exact) mass is 341 g/mol. The van der Waals surface area contributed by atoms with Crippen LogP contribution in [0.15, 0.2) is 18.3 Å². The minimum Gasteiger partial charge on any atom is -0.366 e. The molecule has 2 aromatic rings. The molecule has 3 heterocycles. The van der Waals surface area contributed by atoms with E-state index in [1.54, 1.807) is 12.3 Å². The molecule has 0 spiro atoms. The van der Waals surface area contributed by atoms with Crippen molar-refractivity contribution in [1.29, 1.82) is 0 Å². The highest BCUT2D eigenvalue weighted by molar-refractivity contribution is 5.49. The molecular formula is C15H15F4N5. The van der Waals surface area contributed by atoms with E-state index in [2.05, 4.69) is 15.2 Å². The van der Waals surface area contributed by atoms with Gasteiger partial charge in [-0.3, -0.25) is 0 Å². The van der Waals surface area contributed by atoms with E-state index in [0.717, 1.165) is 0 Å². The molecule has 0 atom stereocenters. The summed E-state index contributed by atoms with van der Waals surface area (Å²) >= 11 is 0. The van der Waals surface area contributed by atoms with Crippen molar-refractivity contribution in [3.8, 4) is 0 Å². The Morgan fingerprint density at radius 1 is 1.08 bits per heavy atom. The average molecular weight is 341 g/mol. The highest BCUT2D eigenvalue weighted by atomic mass is 19.2. The van der Waals surface area contributed by atoms with Gasteiger partial charge in [0, 0.05) is 32.4 Å². The molecule has 3 rings (SSSR count). The van der Waals surface area contributed by atoms with Crippen LogP contribution in [0.2, 0.25) is 0 Å². The predicted octanol–water partition coefficient (Wildman–Crippen LogP) is 2.53. The number of halogens is 4. The van der Waals surface area contributed by atoms with Crippen LogP contribution in [0.5, 0.6) is 0 Å². The Kier molecular flexibility index (Phi) is 4.50. The number of anilines is 2. The second-order valence-corrected chi connectivity index (χ2v) is 5.58. The largest absolute Gasteiger partial charge is 0.366 e. The van der Waals surface area contributed by atoms with Crippen LogP contribution in [0.3, 0.4) is 0 Å². The number of pyridine rings is 1. The second-order valence-electron chi connectivity index (χ2n) is 5.58. The van der Waals surface area contributed by atoms with Crippen LogP contribution < -0.4 is 9.80 Å². The van der Waals surface area contributed by atoms with E-state index in [-0.39, 0.29) is 19.1 Å². The molecule has 0 aliphatic carbocycles. The lowest BCUT2D eigenvalue weighted by molar-refractivity contribution is 0.397. The molecule has 1 aliphatic rings. The van der Waals surface area contributed by atoms with Crippen LogP contribution in [0.1, 0.15) is 12.8 Å². The first kappa shape index (κ1) is 16.4. The Labute approximate surface area is 135 Å². The van der Waals surface area contributed by atoms with Crippen LogP contribution in [0, 0.1) is 23.5 Å². The summed E-state index contributed by atoms with van der Waals surface area (Å²) < 4.78 is 54.2. The molecule has 0 aromatic carbocycles. The fourth-order valence-corrected chi connectivity index (χ4v) is 2.90. The third kappa shape index (κ3) is 2.98. The van der Waals surface area contributed by atoms with Gasteiger partial charge in [0.05, 0.1) is 0 Å². The molecule has 9 heteroatoms. The van der Waals surface area contributed by atoms with Crippen molar-refractivity contribution in [3.63, 3.8) is 0 Å². The van der Waals surface area contributed by atoms with E-state index in [1.165, 1.54) is 4.90 Å². The Morgan fingerprint density at radius 3 is 2.25 bits per heavy atom. The molecular weight excluding hydrogens is 326 g/mol. The van der Waals surface area contributed by atoms with E-state index in [4.69, 9.17) is 0 Å². The van der Waals surface area contributed by atoms with Crippen LogP contribution in [0.25, 0.3) is 0 Å². The van der Waals surface area contributed by atoms with Gasteiger partial charge >= 0.3 is 0 Å². The summed E-state index contributed by atoms with van der Waals surface area (Å²) in [7, 11) is 1.86. The summed E-state index contributed by atoms with van der Waals surface area (Å²) in [6.07, 6.45) is 2.67. The summed E-state index contributed by atoms with van der Waals surface area (Å²) in [6, 6.07) is 3.66. The van der Waals surface area contributed by atoms with Gasteiger partial charge in [0.15, 0.2) is 5.82 Å². The molecule has 0 amide bonds. The van der Waals surface area contributed by atoms with Gasteiger partial charge in [-0.25, -0.2) is 0 Å².